The molecular formula is C14H20N2O4. The summed E-state index contributed by atoms with van der Waals surface area (Å²) < 4.78 is 5.51. The number of carbonyl (C=O) groups is 2. The zero-order valence-corrected chi connectivity index (χ0v) is 11.6. The Labute approximate surface area is 117 Å². The largest absolute Gasteiger partial charge is 0.491 e. The molecule has 0 aliphatic heterocycles. The molecule has 1 rings (SSSR count). The highest BCUT2D eigenvalue weighted by atomic mass is 16.5. The quantitative estimate of drug-likeness (QED) is 0.681. The van der Waals surface area contributed by atoms with Crippen LogP contribution in [-0.4, -0.2) is 35.7 Å². The Morgan fingerprint density at radius 2 is 1.95 bits per heavy atom. The highest BCUT2D eigenvalue weighted by Gasteiger charge is 2.18. The van der Waals surface area contributed by atoms with Gasteiger partial charge in [0.05, 0.1) is 18.5 Å². The van der Waals surface area contributed by atoms with E-state index >= 15 is 0 Å². The SMILES string of the molecule is Cc1ccc(OCC(C)NC(=O)C(N)CC(=O)O)cc1. The van der Waals surface area contributed by atoms with E-state index in [2.05, 4.69) is 5.32 Å². The van der Waals surface area contributed by atoms with Gasteiger partial charge in [-0.3, -0.25) is 9.59 Å². The second kappa shape index (κ2) is 7.49. The van der Waals surface area contributed by atoms with Crippen molar-refractivity contribution in [2.75, 3.05) is 6.61 Å². The summed E-state index contributed by atoms with van der Waals surface area (Å²) >= 11 is 0. The van der Waals surface area contributed by atoms with Crippen molar-refractivity contribution in [1.29, 1.82) is 0 Å². The van der Waals surface area contributed by atoms with Crippen molar-refractivity contribution in [3.8, 4) is 5.75 Å². The fourth-order valence-electron chi connectivity index (χ4n) is 1.53. The van der Waals surface area contributed by atoms with E-state index in [1.165, 1.54) is 0 Å². The average molecular weight is 280 g/mol. The molecule has 0 saturated heterocycles. The first-order valence-electron chi connectivity index (χ1n) is 6.35. The molecule has 0 heterocycles. The standard InChI is InChI=1S/C14H20N2O4/c1-9-3-5-11(6-4-9)20-8-10(2)16-14(19)12(15)7-13(17)18/h3-6,10,12H,7-8,15H2,1-2H3,(H,16,19)(H,17,18). The normalized spacial score (nSPS) is 13.3. The molecule has 6 nitrogen and oxygen atoms in total. The van der Waals surface area contributed by atoms with Crippen molar-refractivity contribution in [1.82, 2.24) is 5.32 Å². The van der Waals surface area contributed by atoms with Gasteiger partial charge in [0, 0.05) is 0 Å². The van der Waals surface area contributed by atoms with E-state index in [0.29, 0.717) is 5.75 Å². The highest BCUT2D eigenvalue weighted by molar-refractivity contribution is 5.86. The fraction of sp³-hybridized carbons (Fsp3) is 0.429. The molecule has 0 bridgehead atoms. The van der Waals surface area contributed by atoms with Crippen LogP contribution in [0.25, 0.3) is 0 Å². The van der Waals surface area contributed by atoms with E-state index in [-0.39, 0.29) is 12.6 Å². The number of hydrogen-bond donors (Lipinski definition) is 3. The van der Waals surface area contributed by atoms with Gasteiger partial charge in [-0.25, -0.2) is 0 Å². The summed E-state index contributed by atoms with van der Waals surface area (Å²) in [6.07, 6.45) is -0.391. The van der Waals surface area contributed by atoms with Gasteiger partial charge in [0.15, 0.2) is 0 Å². The first-order chi connectivity index (χ1) is 9.38. The van der Waals surface area contributed by atoms with Crippen LogP contribution >= 0.6 is 0 Å². The molecule has 2 atom stereocenters. The van der Waals surface area contributed by atoms with Crippen molar-refractivity contribution < 1.29 is 19.4 Å². The molecule has 4 N–H and O–H groups in total. The van der Waals surface area contributed by atoms with Crippen LogP contribution in [0.15, 0.2) is 24.3 Å². The number of rotatable bonds is 7. The Morgan fingerprint density at radius 3 is 2.50 bits per heavy atom. The maximum atomic E-state index is 11.6. The van der Waals surface area contributed by atoms with Crippen LogP contribution in [0.2, 0.25) is 0 Å². The van der Waals surface area contributed by atoms with Crippen LogP contribution < -0.4 is 15.8 Å². The number of nitrogens with one attached hydrogen (secondary N) is 1. The molecule has 0 aromatic heterocycles. The summed E-state index contributed by atoms with van der Waals surface area (Å²) in [5.74, 6) is -0.879. The second-order valence-corrected chi connectivity index (χ2v) is 4.74. The van der Waals surface area contributed by atoms with Crippen molar-refractivity contribution in [2.45, 2.75) is 32.4 Å². The smallest absolute Gasteiger partial charge is 0.305 e. The molecule has 110 valence electrons. The third-order valence-electron chi connectivity index (χ3n) is 2.64. The van der Waals surface area contributed by atoms with Crippen LogP contribution in [0.5, 0.6) is 5.75 Å². The van der Waals surface area contributed by atoms with E-state index in [1.807, 2.05) is 31.2 Å². The van der Waals surface area contributed by atoms with Gasteiger partial charge in [-0.05, 0) is 26.0 Å². The number of carbonyl (C=O) groups excluding carboxylic acids is 1. The zero-order valence-electron chi connectivity index (χ0n) is 11.6. The number of hydrogen-bond acceptors (Lipinski definition) is 4. The fourth-order valence-corrected chi connectivity index (χ4v) is 1.53. The summed E-state index contributed by atoms with van der Waals surface area (Å²) in [5.41, 5.74) is 6.59. The topological polar surface area (TPSA) is 102 Å². The molecule has 0 aliphatic carbocycles. The molecule has 0 spiro atoms. The monoisotopic (exact) mass is 280 g/mol. The molecule has 0 saturated carbocycles. The first-order valence-corrected chi connectivity index (χ1v) is 6.35. The predicted octanol–water partition coefficient (Wildman–Crippen LogP) is 0.681. The third kappa shape index (κ3) is 5.71. The molecule has 0 aliphatic rings. The van der Waals surface area contributed by atoms with E-state index in [0.717, 1.165) is 5.56 Å². The van der Waals surface area contributed by atoms with Crippen LogP contribution in [-0.2, 0) is 9.59 Å². The number of nitrogens with two attached hydrogens (primary N) is 1. The number of carboxylic acids is 1. The molecule has 2 unspecified atom stereocenters. The lowest BCUT2D eigenvalue weighted by Crippen LogP contribution is -2.47. The minimum absolute atomic E-state index is 0.261. The van der Waals surface area contributed by atoms with E-state index in [4.69, 9.17) is 15.6 Å². The average Bonchev–Trinajstić information content (AvgIpc) is 2.37. The molecule has 1 aromatic carbocycles. The molecule has 1 aromatic rings. The number of amides is 1. The third-order valence-corrected chi connectivity index (χ3v) is 2.64. The maximum absolute atomic E-state index is 11.6. The van der Waals surface area contributed by atoms with Crippen molar-refractivity contribution in [2.24, 2.45) is 5.73 Å². The Kier molecular flexibility index (Phi) is 5.99. The van der Waals surface area contributed by atoms with Gasteiger partial charge < -0.3 is 20.9 Å². The summed E-state index contributed by atoms with van der Waals surface area (Å²) in [7, 11) is 0. The van der Waals surface area contributed by atoms with Gasteiger partial charge in [0.25, 0.3) is 0 Å². The van der Waals surface area contributed by atoms with Crippen molar-refractivity contribution in [3.63, 3.8) is 0 Å². The number of aliphatic carboxylic acids is 1. The maximum Gasteiger partial charge on any atom is 0.305 e. The Bertz CT molecular complexity index is 459. The zero-order chi connectivity index (χ0) is 15.1. The van der Waals surface area contributed by atoms with Crippen LogP contribution in [0.3, 0.4) is 0 Å². The van der Waals surface area contributed by atoms with E-state index in [9.17, 15) is 9.59 Å². The molecule has 1 amide bonds. The Balaban J connectivity index is 2.36. The van der Waals surface area contributed by atoms with Gasteiger partial charge >= 0.3 is 5.97 Å². The first kappa shape index (κ1) is 16.0. The second-order valence-electron chi connectivity index (χ2n) is 4.74. The van der Waals surface area contributed by atoms with Gasteiger partial charge in [0.1, 0.15) is 12.4 Å². The lowest BCUT2D eigenvalue weighted by Gasteiger charge is -2.17. The summed E-state index contributed by atoms with van der Waals surface area (Å²) in [6.45, 7) is 4.03. The Morgan fingerprint density at radius 1 is 1.35 bits per heavy atom. The van der Waals surface area contributed by atoms with Gasteiger partial charge in [-0.2, -0.15) is 0 Å². The van der Waals surface area contributed by atoms with Crippen LogP contribution in [0.4, 0.5) is 0 Å². The van der Waals surface area contributed by atoms with Crippen LogP contribution in [0.1, 0.15) is 18.9 Å². The summed E-state index contributed by atoms with van der Waals surface area (Å²) in [5, 5.41) is 11.2. The minimum Gasteiger partial charge on any atom is -0.491 e. The van der Waals surface area contributed by atoms with E-state index < -0.39 is 24.3 Å². The van der Waals surface area contributed by atoms with Crippen LogP contribution in [0, 0.1) is 6.92 Å². The number of aryl methyl sites for hydroxylation is 1. The predicted molar refractivity (Wildman–Crippen MR) is 74.5 cm³/mol. The molecule has 0 fully saturated rings. The lowest BCUT2D eigenvalue weighted by molar-refractivity contribution is -0.139. The van der Waals surface area contributed by atoms with Gasteiger partial charge in [0.2, 0.25) is 5.91 Å². The number of benzene rings is 1. The van der Waals surface area contributed by atoms with Crippen molar-refractivity contribution >= 4 is 11.9 Å². The Hall–Kier alpha value is -2.08. The summed E-state index contributed by atoms with van der Waals surface area (Å²) in [6, 6.07) is 6.25. The minimum atomic E-state index is -1.10. The van der Waals surface area contributed by atoms with E-state index in [1.54, 1.807) is 6.92 Å². The molecule has 20 heavy (non-hydrogen) atoms. The van der Waals surface area contributed by atoms with Crippen molar-refractivity contribution in [3.05, 3.63) is 29.8 Å². The lowest BCUT2D eigenvalue weighted by atomic mass is 10.2. The summed E-state index contributed by atoms with van der Waals surface area (Å²) in [4.78, 5) is 22.0. The molecule has 6 heteroatoms. The number of ether oxygens (including phenoxy) is 1. The number of carboxylic acid groups (broad SMARTS) is 1. The van der Waals surface area contributed by atoms with Gasteiger partial charge in [-0.15, -0.1) is 0 Å². The van der Waals surface area contributed by atoms with Gasteiger partial charge in [-0.1, -0.05) is 17.7 Å². The highest BCUT2D eigenvalue weighted by Crippen LogP contribution is 2.11. The molecule has 0 radical (unpaired) electrons. The molecular weight excluding hydrogens is 260 g/mol.